The standard InChI is InChI=1S/C20H16F3N3O4/c1-29-18(27)12-30-15-5-2-4-13(10-15)19(28)25-16-11-14(20(21,22)23)6-7-17(16)26-9-3-8-24-26/h2-11H,12H2,1H3,(H,25,28). The van der Waals surface area contributed by atoms with Crippen molar-refractivity contribution >= 4 is 17.6 Å². The molecule has 7 nitrogen and oxygen atoms in total. The maximum Gasteiger partial charge on any atom is 0.416 e. The van der Waals surface area contributed by atoms with Gasteiger partial charge >= 0.3 is 12.1 Å². The molecule has 1 N–H and O–H groups in total. The predicted molar refractivity (Wildman–Crippen MR) is 100 cm³/mol. The molecule has 1 amide bonds. The number of carbonyl (C=O) groups excluding carboxylic acids is 2. The van der Waals surface area contributed by atoms with Crippen LogP contribution in [0.25, 0.3) is 5.69 Å². The van der Waals surface area contributed by atoms with Gasteiger partial charge in [-0.15, -0.1) is 0 Å². The molecule has 0 radical (unpaired) electrons. The van der Waals surface area contributed by atoms with Crippen LogP contribution in [0.1, 0.15) is 15.9 Å². The molecule has 2 aromatic carbocycles. The molecule has 156 valence electrons. The van der Waals surface area contributed by atoms with Gasteiger partial charge in [0, 0.05) is 18.0 Å². The van der Waals surface area contributed by atoms with Crippen molar-refractivity contribution in [3.8, 4) is 11.4 Å². The van der Waals surface area contributed by atoms with Crippen molar-refractivity contribution in [3.63, 3.8) is 0 Å². The Morgan fingerprint density at radius 3 is 2.60 bits per heavy atom. The minimum absolute atomic E-state index is 0.0700. The number of hydrogen-bond acceptors (Lipinski definition) is 5. The summed E-state index contributed by atoms with van der Waals surface area (Å²) in [5.74, 6) is -1.03. The van der Waals surface area contributed by atoms with E-state index in [1.165, 1.54) is 48.3 Å². The lowest BCUT2D eigenvalue weighted by molar-refractivity contribution is -0.143. The molecule has 0 saturated carbocycles. The van der Waals surface area contributed by atoms with Gasteiger partial charge in [0.1, 0.15) is 5.75 Å². The summed E-state index contributed by atoms with van der Waals surface area (Å²) in [6, 6.07) is 10.4. The molecule has 0 spiro atoms. The number of esters is 1. The molecular formula is C20H16F3N3O4. The lowest BCUT2D eigenvalue weighted by Crippen LogP contribution is -2.16. The van der Waals surface area contributed by atoms with Crippen molar-refractivity contribution in [1.82, 2.24) is 9.78 Å². The van der Waals surface area contributed by atoms with Gasteiger partial charge in [0.25, 0.3) is 5.91 Å². The number of aromatic nitrogens is 2. The first-order valence-corrected chi connectivity index (χ1v) is 8.60. The highest BCUT2D eigenvalue weighted by molar-refractivity contribution is 6.05. The molecule has 1 heterocycles. The highest BCUT2D eigenvalue weighted by atomic mass is 19.4. The summed E-state index contributed by atoms with van der Waals surface area (Å²) in [7, 11) is 1.21. The molecule has 3 rings (SSSR count). The molecule has 0 aliphatic rings. The normalized spacial score (nSPS) is 11.1. The number of nitrogens with one attached hydrogen (secondary N) is 1. The van der Waals surface area contributed by atoms with Crippen molar-refractivity contribution in [2.24, 2.45) is 0 Å². The first-order valence-electron chi connectivity index (χ1n) is 8.60. The minimum atomic E-state index is -4.58. The van der Waals surface area contributed by atoms with Crippen molar-refractivity contribution in [2.75, 3.05) is 19.0 Å². The van der Waals surface area contributed by atoms with E-state index in [1.807, 2.05) is 0 Å². The Morgan fingerprint density at radius 1 is 1.13 bits per heavy atom. The number of carbonyl (C=O) groups is 2. The van der Waals surface area contributed by atoms with E-state index in [2.05, 4.69) is 15.2 Å². The lowest BCUT2D eigenvalue weighted by Gasteiger charge is -2.15. The molecule has 0 aliphatic heterocycles. The molecule has 0 unspecified atom stereocenters. The number of hydrogen-bond donors (Lipinski definition) is 1. The SMILES string of the molecule is COC(=O)COc1cccc(C(=O)Nc2cc(C(F)(F)F)ccc2-n2cccn2)c1. The summed E-state index contributed by atoms with van der Waals surface area (Å²) in [5.41, 5.74) is -0.594. The number of halogens is 3. The smallest absolute Gasteiger partial charge is 0.416 e. The Labute approximate surface area is 169 Å². The van der Waals surface area contributed by atoms with Crippen LogP contribution in [0.15, 0.2) is 60.9 Å². The van der Waals surface area contributed by atoms with Crippen LogP contribution in [0.5, 0.6) is 5.75 Å². The number of ether oxygens (including phenoxy) is 2. The van der Waals surface area contributed by atoms with E-state index >= 15 is 0 Å². The highest BCUT2D eigenvalue weighted by Gasteiger charge is 2.31. The number of nitrogens with zero attached hydrogens (tertiary/aromatic N) is 2. The first kappa shape index (κ1) is 20.9. The minimum Gasteiger partial charge on any atom is -0.482 e. The van der Waals surface area contributed by atoms with Crippen molar-refractivity contribution in [1.29, 1.82) is 0 Å². The van der Waals surface area contributed by atoms with E-state index in [0.717, 1.165) is 12.1 Å². The van der Waals surface area contributed by atoms with E-state index in [4.69, 9.17) is 4.74 Å². The van der Waals surface area contributed by atoms with Gasteiger partial charge in [0.2, 0.25) is 0 Å². The Kier molecular flexibility index (Phi) is 6.05. The van der Waals surface area contributed by atoms with Gasteiger partial charge in [-0.1, -0.05) is 6.07 Å². The van der Waals surface area contributed by atoms with Crippen molar-refractivity contribution in [2.45, 2.75) is 6.18 Å². The first-order chi connectivity index (χ1) is 14.3. The maximum absolute atomic E-state index is 13.1. The Hall–Kier alpha value is -3.82. The summed E-state index contributed by atoms with van der Waals surface area (Å²) >= 11 is 0. The van der Waals surface area contributed by atoms with E-state index < -0.39 is 23.6 Å². The maximum atomic E-state index is 13.1. The zero-order chi connectivity index (χ0) is 21.7. The summed E-state index contributed by atoms with van der Waals surface area (Å²) in [6.45, 7) is -0.349. The third-order valence-electron chi connectivity index (χ3n) is 4.00. The Morgan fingerprint density at radius 2 is 1.93 bits per heavy atom. The van der Waals surface area contributed by atoms with Crippen LogP contribution in [-0.2, 0) is 15.7 Å². The van der Waals surface area contributed by atoms with Gasteiger partial charge in [-0.05, 0) is 42.5 Å². The average molecular weight is 419 g/mol. The third-order valence-corrected chi connectivity index (χ3v) is 4.00. The van der Waals surface area contributed by atoms with E-state index in [0.29, 0.717) is 0 Å². The van der Waals surface area contributed by atoms with Gasteiger partial charge in [-0.3, -0.25) is 4.79 Å². The second kappa shape index (κ2) is 8.68. The topological polar surface area (TPSA) is 82.5 Å². The fourth-order valence-electron chi connectivity index (χ4n) is 2.55. The van der Waals surface area contributed by atoms with Crippen molar-refractivity contribution < 1.29 is 32.2 Å². The molecule has 0 fully saturated rings. The van der Waals surface area contributed by atoms with Gasteiger partial charge in [0.15, 0.2) is 6.61 Å². The molecule has 10 heteroatoms. The lowest BCUT2D eigenvalue weighted by atomic mass is 10.1. The van der Waals surface area contributed by atoms with Crippen LogP contribution < -0.4 is 10.1 Å². The molecular weight excluding hydrogens is 403 g/mol. The summed E-state index contributed by atoms with van der Waals surface area (Å²) < 4.78 is 50.5. The number of benzene rings is 2. The number of anilines is 1. The molecule has 1 aromatic heterocycles. The molecule has 30 heavy (non-hydrogen) atoms. The predicted octanol–water partition coefficient (Wildman–Crippen LogP) is 3.70. The second-order valence-corrected chi connectivity index (χ2v) is 6.03. The van der Waals surface area contributed by atoms with Gasteiger partial charge < -0.3 is 14.8 Å². The van der Waals surface area contributed by atoms with E-state index in [1.54, 1.807) is 12.3 Å². The third kappa shape index (κ3) is 4.96. The molecule has 0 bridgehead atoms. The largest absolute Gasteiger partial charge is 0.482 e. The Bertz CT molecular complexity index is 1050. The average Bonchev–Trinajstić information content (AvgIpc) is 3.26. The zero-order valence-electron chi connectivity index (χ0n) is 15.6. The number of rotatable bonds is 6. The molecule has 0 aliphatic carbocycles. The quantitative estimate of drug-likeness (QED) is 0.617. The zero-order valence-corrected chi connectivity index (χ0v) is 15.6. The number of alkyl halides is 3. The van der Waals surface area contributed by atoms with Crippen molar-refractivity contribution in [3.05, 3.63) is 72.1 Å². The van der Waals surface area contributed by atoms with Crippen LogP contribution in [-0.4, -0.2) is 35.4 Å². The monoisotopic (exact) mass is 419 g/mol. The van der Waals surface area contributed by atoms with Crippen LogP contribution in [0, 0.1) is 0 Å². The molecule has 0 atom stereocenters. The number of amides is 1. The summed E-state index contributed by atoms with van der Waals surface area (Å²) in [4.78, 5) is 23.9. The number of methoxy groups -OCH3 is 1. The summed E-state index contributed by atoms with van der Waals surface area (Å²) in [5, 5.41) is 6.49. The molecule has 3 aromatic rings. The van der Waals surface area contributed by atoms with Gasteiger partial charge in [0.05, 0.1) is 24.0 Å². The molecule has 0 saturated heterocycles. The van der Waals surface area contributed by atoms with Crippen LogP contribution in [0.3, 0.4) is 0 Å². The second-order valence-electron chi connectivity index (χ2n) is 6.03. The summed E-state index contributed by atoms with van der Waals surface area (Å²) in [6.07, 6.45) is -1.57. The highest BCUT2D eigenvalue weighted by Crippen LogP contribution is 2.33. The Balaban J connectivity index is 1.88. The fourth-order valence-corrected chi connectivity index (χ4v) is 2.55. The van der Waals surface area contributed by atoms with Crippen LogP contribution >= 0.6 is 0 Å². The van der Waals surface area contributed by atoms with E-state index in [-0.39, 0.29) is 29.3 Å². The van der Waals surface area contributed by atoms with Gasteiger partial charge in [-0.2, -0.15) is 18.3 Å². The van der Waals surface area contributed by atoms with E-state index in [9.17, 15) is 22.8 Å². The fraction of sp³-hybridized carbons (Fsp3) is 0.150. The van der Waals surface area contributed by atoms with Crippen LogP contribution in [0.4, 0.5) is 18.9 Å². The van der Waals surface area contributed by atoms with Crippen LogP contribution in [0.2, 0.25) is 0 Å². The van der Waals surface area contributed by atoms with Gasteiger partial charge in [-0.25, -0.2) is 9.48 Å².